The molecule has 6 nitrogen and oxygen atoms in total. The van der Waals surface area contributed by atoms with E-state index in [0.717, 1.165) is 6.42 Å². The van der Waals surface area contributed by atoms with Gasteiger partial charge in [-0.05, 0) is 48.9 Å². The molecule has 0 saturated heterocycles. The van der Waals surface area contributed by atoms with Crippen molar-refractivity contribution < 1.29 is 13.9 Å². The standard InChI is InChI=1S/C22H21ClFN3O3/c1-3-4-16-12-21(29)27(22(26-16)14-5-7-15(24)8-6-14)13-20(28)25-17-9-10-19(30-2)18(23)11-17/h5-12H,3-4,13H2,1-2H3,(H,25,28). The number of anilines is 1. The quantitative estimate of drug-likeness (QED) is 0.607. The zero-order valence-corrected chi connectivity index (χ0v) is 17.4. The molecule has 2 aromatic carbocycles. The number of carbonyl (C=O) groups excluding carboxylic acids is 1. The number of methoxy groups -OCH3 is 1. The largest absolute Gasteiger partial charge is 0.495 e. The van der Waals surface area contributed by atoms with Crippen LogP contribution in [-0.4, -0.2) is 22.6 Å². The summed E-state index contributed by atoms with van der Waals surface area (Å²) in [6, 6.07) is 11.9. The van der Waals surface area contributed by atoms with Crippen LogP contribution in [0.25, 0.3) is 11.4 Å². The summed E-state index contributed by atoms with van der Waals surface area (Å²) in [5.41, 5.74) is 1.29. The molecule has 0 aliphatic heterocycles. The molecule has 0 radical (unpaired) electrons. The molecule has 0 aliphatic rings. The third kappa shape index (κ3) is 5.04. The monoisotopic (exact) mass is 429 g/mol. The van der Waals surface area contributed by atoms with E-state index in [-0.39, 0.29) is 12.1 Å². The van der Waals surface area contributed by atoms with E-state index >= 15 is 0 Å². The summed E-state index contributed by atoms with van der Waals surface area (Å²) in [4.78, 5) is 29.9. The molecule has 1 heterocycles. The number of aryl methyl sites for hydroxylation is 1. The molecular weight excluding hydrogens is 409 g/mol. The van der Waals surface area contributed by atoms with Crippen molar-refractivity contribution in [3.8, 4) is 17.1 Å². The van der Waals surface area contributed by atoms with Crippen LogP contribution in [0.1, 0.15) is 19.0 Å². The topological polar surface area (TPSA) is 73.2 Å². The van der Waals surface area contributed by atoms with Crippen LogP contribution in [0.15, 0.2) is 53.3 Å². The van der Waals surface area contributed by atoms with E-state index < -0.39 is 11.7 Å². The molecule has 3 aromatic rings. The number of rotatable bonds is 7. The Labute approximate surface area is 178 Å². The summed E-state index contributed by atoms with van der Waals surface area (Å²) in [7, 11) is 1.50. The lowest BCUT2D eigenvalue weighted by Gasteiger charge is -2.14. The number of carbonyl (C=O) groups is 1. The molecule has 0 spiro atoms. The van der Waals surface area contributed by atoms with E-state index in [1.54, 1.807) is 18.2 Å². The van der Waals surface area contributed by atoms with Gasteiger partial charge in [-0.1, -0.05) is 24.9 Å². The highest BCUT2D eigenvalue weighted by molar-refractivity contribution is 6.32. The first-order valence-corrected chi connectivity index (χ1v) is 9.79. The molecule has 0 aliphatic carbocycles. The zero-order chi connectivity index (χ0) is 21.7. The first-order chi connectivity index (χ1) is 14.4. The lowest BCUT2D eigenvalue weighted by molar-refractivity contribution is -0.116. The van der Waals surface area contributed by atoms with Gasteiger partial charge in [-0.3, -0.25) is 14.2 Å². The molecule has 0 fully saturated rings. The Morgan fingerprint density at radius 1 is 1.20 bits per heavy atom. The molecule has 156 valence electrons. The molecule has 3 rings (SSSR count). The van der Waals surface area contributed by atoms with Gasteiger partial charge in [0.05, 0.1) is 12.1 Å². The van der Waals surface area contributed by atoms with Crippen LogP contribution < -0.4 is 15.6 Å². The average molecular weight is 430 g/mol. The predicted octanol–water partition coefficient (Wildman–Crippen LogP) is 4.30. The van der Waals surface area contributed by atoms with Gasteiger partial charge in [-0.25, -0.2) is 9.37 Å². The summed E-state index contributed by atoms with van der Waals surface area (Å²) in [5.74, 6) is -0.0210. The van der Waals surface area contributed by atoms with Crippen LogP contribution in [0.5, 0.6) is 5.75 Å². The van der Waals surface area contributed by atoms with E-state index in [4.69, 9.17) is 16.3 Å². The first kappa shape index (κ1) is 21.5. The number of hydrogen-bond acceptors (Lipinski definition) is 4. The molecule has 0 atom stereocenters. The SMILES string of the molecule is CCCc1cc(=O)n(CC(=O)Nc2ccc(OC)c(Cl)c2)c(-c2ccc(F)cc2)n1. The number of benzene rings is 2. The van der Waals surface area contributed by atoms with E-state index in [1.165, 1.54) is 42.0 Å². The second kappa shape index (κ2) is 9.54. The van der Waals surface area contributed by atoms with Gasteiger partial charge in [0.1, 0.15) is 23.9 Å². The second-order valence-electron chi connectivity index (χ2n) is 6.65. The second-order valence-corrected chi connectivity index (χ2v) is 7.06. The van der Waals surface area contributed by atoms with Gasteiger partial charge in [0.15, 0.2) is 0 Å². The Kier molecular flexibility index (Phi) is 6.84. The maximum absolute atomic E-state index is 13.3. The number of nitrogens with one attached hydrogen (secondary N) is 1. The van der Waals surface area contributed by atoms with Crippen molar-refractivity contribution in [2.45, 2.75) is 26.3 Å². The Morgan fingerprint density at radius 2 is 1.93 bits per heavy atom. The van der Waals surface area contributed by atoms with Gasteiger partial charge in [-0.2, -0.15) is 0 Å². The van der Waals surface area contributed by atoms with Crippen LogP contribution in [0, 0.1) is 5.82 Å². The number of ether oxygens (including phenoxy) is 1. The van der Waals surface area contributed by atoms with Crippen LogP contribution in [0.3, 0.4) is 0 Å². The maximum Gasteiger partial charge on any atom is 0.254 e. The van der Waals surface area contributed by atoms with Gasteiger partial charge < -0.3 is 10.1 Å². The van der Waals surface area contributed by atoms with Gasteiger partial charge in [0.2, 0.25) is 5.91 Å². The van der Waals surface area contributed by atoms with Crippen molar-refractivity contribution in [2.75, 3.05) is 12.4 Å². The van der Waals surface area contributed by atoms with Crippen molar-refractivity contribution in [1.82, 2.24) is 9.55 Å². The molecule has 1 N–H and O–H groups in total. The maximum atomic E-state index is 13.3. The van der Waals surface area contributed by atoms with E-state index in [9.17, 15) is 14.0 Å². The van der Waals surface area contributed by atoms with Gasteiger partial charge in [0, 0.05) is 23.0 Å². The fraction of sp³-hybridized carbons (Fsp3) is 0.227. The summed E-state index contributed by atoms with van der Waals surface area (Å²) >= 11 is 6.09. The zero-order valence-electron chi connectivity index (χ0n) is 16.6. The highest BCUT2D eigenvalue weighted by Gasteiger charge is 2.15. The lowest BCUT2D eigenvalue weighted by Crippen LogP contribution is -2.30. The summed E-state index contributed by atoms with van der Waals surface area (Å²) in [6.07, 6.45) is 1.44. The van der Waals surface area contributed by atoms with Crippen molar-refractivity contribution in [2.24, 2.45) is 0 Å². The molecule has 30 heavy (non-hydrogen) atoms. The minimum Gasteiger partial charge on any atom is -0.495 e. The Hall–Kier alpha value is -3.19. The molecular formula is C22H21ClFN3O3. The van der Waals surface area contributed by atoms with Crippen molar-refractivity contribution >= 4 is 23.2 Å². The van der Waals surface area contributed by atoms with E-state index in [2.05, 4.69) is 10.3 Å². The Balaban J connectivity index is 1.92. The molecule has 1 aromatic heterocycles. The number of hydrogen-bond donors (Lipinski definition) is 1. The van der Waals surface area contributed by atoms with Crippen LogP contribution in [0.4, 0.5) is 10.1 Å². The highest BCUT2D eigenvalue weighted by Crippen LogP contribution is 2.27. The number of aromatic nitrogens is 2. The first-order valence-electron chi connectivity index (χ1n) is 9.41. The van der Waals surface area contributed by atoms with Crippen LogP contribution in [-0.2, 0) is 17.8 Å². The molecule has 0 saturated carbocycles. The molecule has 0 unspecified atom stereocenters. The van der Waals surface area contributed by atoms with E-state index in [1.807, 2.05) is 6.92 Å². The van der Waals surface area contributed by atoms with Crippen molar-refractivity contribution in [3.05, 3.63) is 75.4 Å². The minimum atomic E-state index is -0.424. The Bertz CT molecular complexity index is 1110. The van der Waals surface area contributed by atoms with Gasteiger partial charge in [0.25, 0.3) is 5.56 Å². The highest BCUT2D eigenvalue weighted by atomic mass is 35.5. The van der Waals surface area contributed by atoms with Gasteiger partial charge in [-0.15, -0.1) is 0 Å². The van der Waals surface area contributed by atoms with Crippen molar-refractivity contribution in [3.63, 3.8) is 0 Å². The number of nitrogens with zero attached hydrogens (tertiary/aromatic N) is 2. The fourth-order valence-corrected chi connectivity index (χ4v) is 3.26. The smallest absolute Gasteiger partial charge is 0.254 e. The van der Waals surface area contributed by atoms with E-state index in [0.29, 0.717) is 40.0 Å². The number of halogens is 2. The minimum absolute atomic E-state index is 0.255. The normalized spacial score (nSPS) is 10.7. The summed E-state index contributed by atoms with van der Waals surface area (Å²) < 4.78 is 19.7. The lowest BCUT2D eigenvalue weighted by atomic mass is 10.1. The summed E-state index contributed by atoms with van der Waals surface area (Å²) in [6.45, 7) is 1.73. The molecule has 1 amide bonds. The molecule has 0 bridgehead atoms. The summed E-state index contributed by atoms with van der Waals surface area (Å²) in [5, 5.41) is 3.06. The third-order valence-electron chi connectivity index (χ3n) is 4.41. The average Bonchev–Trinajstić information content (AvgIpc) is 2.71. The molecule has 8 heteroatoms. The Morgan fingerprint density at radius 3 is 2.57 bits per heavy atom. The predicted molar refractivity (Wildman–Crippen MR) is 115 cm³/mol. The van der Waals surface area contributed by atoms with Crippen LogP contribution >= 0.6 is 11.6 Å². The fourth-order valence-electron chi connectivity index (χ4n) is 3.00. The van der Waals surface area contributed by atoms with Crippen molar-refractivity contribution in [1.29, 1.82) is 0 Å². The number of amides is 1. The third-order valence-corrected chi connectivity index (χ3v) is 4.70. The van der Waals surface area contributed by atoms with Crippen LogP contribution in [0.2, 0.25) is 5.02 Å². The van der Waals surface area contributed by atoms with Gasteiger partial charge >= 0.3 is 0 Å².